The van der Waals surface area contributed by atoms with Gasteiger partial charge in [0, 0.05) is 13.1 Å². The topological polar surface area (TPSA) is 55.3 Å². The molecule has 0 amide bonds. The highest BCUT2D eigenvalue weighted by molar-refractivity contribution is 5.87. The van der Waals surface area contributed by atoms with Crippen molar-refractivity contribution in [3.8, 4) is 0 Å². The molecule has 0 aliphatic heterocycles. The number of carbonyl (C=O) groups is 1. The molecule has 0 N–H and O–H groups in total. The number of aromatic nitrogens is 2. The molecule has 2 rings (SSSR count). The Hall–Kier alpha value is -1.65. The second kappa shape index (κ2) is 5.12. The van der Waals surface area contributed by atoms with E-state index in [1.54, 1.807) is 6.20 Å². The summed E-state index contributed by atoms with van der Waals surface area (Å²) in [5, 5.41) is 0. The number of hydrogen-bond acceptors (Lipinski definition) is 5. The molecular weight excluding hydrogens is 218 g/mol. The first kappa shape index (κ1) is 11.8. The zero-order valence-corrected chi connectivity index (χ0v) is 10.2. The number of ether oxygens (including phenoxy) is 1. The van der Waals surface area contributed by atoms with E-state index in [0.29, 0.717) is 6.04 Å². The van der Waals surface area contributed by atoms with Crippen LogP contribution in [-0.2, 0) is 4.74 Å². The van der Waals surface area contributed by atoms with E-state index in [1.807, 2.05) is 7.05 Å². The van der Waals surface area contributed by atoms with E-state index in [2.05, 4.69) is 19.6 Å². The Labute approximate surface area is 101 Å². The number of esters is 1. The molecule has 1 fully saturated rings. The Morgan fingerprint density at radius 1 is 1.41 bits per heavy atom. The quantitative estimate of drug-likeness (QED) is 0.745. The van der Waals surface area contributed by atoms with Crippen LogP contribution in [-0.4, -0.2) is 36.1 Å². The van der Waals surface area contributed by atoms with Gasteiger partial charge in [-0.2, -0.15) is 0 Å². The maximum absolute atomic E-state index is 11.4. The van der Waals surface area contributed by atoms with Crippen molar-refractivity contribution in [1.29, 1.82) is 0 Å². The zero-order chi connectivity index (χ0) is 12.3. The van der Waals surface area contributed by atoms with Crippen molar-refractivity contribution in [2.24, 2.45) is 0 Å². The zero-order valence-electron chi connectivity index (χ0n) is 10.2. The number of methoxy groups -OCH3 is 1. The average molecular weight is 235 g/mol. The standard InChI is InChI=1S/C12H17N3O2/c1-15(9-5-3-4-6-9)11-8-13-7-10(14-11)12(16)17-2/h7-9H,3-6H2,1-2H3. The van der Waals surface area contributed by atoms with Crippen LogP contribution in [0, 0.1) is 0 Å². The van der Waals surface area contributed by atoms with E-state index in [9.17, 15) is 4.79 Å². The van der Waals surface area contributed by atoms with Crippen molar-refractivity contribution >= 4 is 11.8 Å². The van der Waals surface area contributed by atoms with Crippen LogP contribution < -0.4 is 4.90 Å². The van der Waals surface area contributed by atoms with Crippen LogP contribution in [0.3, 0.4) is 0 Å². The lowest BCUT2D eigenvalue weighted by Gasteiger charge is -2.25. The molecule has 1 saturated carbocycles. The van der Waals surface area contributed by atoms with Crippen molar-refractivity contribution < 1.29 is 9.53 Å². The summed E-state index contributed by atoms with van der Waals surface area (Å²) in [4.78, 5) is 21.8. The van der Waals surface area contributed by atoms with Crippen molar-refractivity contribution in [3.63, 3.8) is 0 Å². The minimum Gasteiger partial charge on any atom is -0.464 e. The molecule has 1 aromatic heterocycles. The van der Waals surface area contributed by atoms with E-state index < -0.39 is 5.97 Å². The van der Waals surface area contributed by atoms with Gasteiger partial charge in [-0.25, -0.2) is 9.78 Å². The summed E-state index contributed by atoms with van der Waals surface area (Å²) >= 11 is 0. The van der Waals surface area contributed by atoms with Gasteiger partial charge in [0.05, 0.1) is 19.5 Å². The number of anilines is 1. The third-order valence-electron chi connectivity index (χ3n) is 3.25. The molecule has 0 saturated heterocycles. The summed E-state index contributed by atoms with van der Waals surface area (Å²) in [6, 6.07) is 0.511. The van der Waals surface area contributed by atoms with Gasteiger partial charge in [0.25, 0.3) is 0 Å². The minimum atomic E-state index is -0.445. The molecule has 92 valence electrons. The van der Waals surface area contributed by atoms with Crippen LogP contribution in [0.15, 0.2) is 12.4 Å². The van der Waals surface area contributed by atoms with Gasteiger partial charge in [-0.15, -0.1) is 0 Å². The molecular formula is C12H17N3O2. The molecule has 0 atom stereocenters. The van der Waals surface area contributed by atoms with Gasteiger partial charge < -0.3 is 9.64 Å². The third-order valence-corrected chi connectivity index (χ3v) is 3.25. The van der Waals surface area contributed by atoms with Crippen LogP contribution >= 0.6 is 0 Å². The highest BCUT2D eigenvalue weighted by atomic mass is 16.5. The van der Waals surface area contributed by atoms with Gasteiger partial charge in [0.1, 0.15) is 5.82 Å². The first-order valence-corrected chi connectivity index (χ1v) is 5.85. The van der Waals surface area contributed by atoms with E-state index in [1.165, 1.54) is 39.0 Å². The Kier molecular flexibility index (Phi) is 3.56. The predicted molar refractivity (Wildman–Crippen MR) is 64.0 cm³/mol. The molecule has 1 aliphatic rings. The fraction of sp³-hybridized carbons (Fsp3) is 0.583. The number of nitrogens with zero attached hydrogens (tertiary/aromatic N) is 3. The molecule has 0 bridgehead atoms. The molecule has 5 heteroatoms. The maximum atomic E-state index is 11.4. The maximum Gasteiger partial charge on any atom is 0.358 e. The van der Waals surface area contributed by atoms with Crippen molar-refractivity contribution in [2.75, 3.05) is 19.1 Å². The van der Waals surface area contributed by atoms with Crippen LogP contribution in [0.4, 0.5) is 5.82 Å². The lowest BCUT2D eigenvalue weighted by molar-refractivity contribution is 0.0593. The van der Waals surface area contributed by atoms with Gasteiger partial charge in [0.15, 0.2) is 5.69 Å². The summed E-state index contributed by atoms with van der Waals surface area (Å²) in [6.07, 6.45) is 8.00. The second-order valence-electron chi connectivity index (χ2n) is 4.30. The van der Waals surface area contributed by atoms with Gasteiger partial charge in [-0.1, -0.05) is 12.8 Å². The fourth-order valence-corrected chi connectivity index (χ4v) is 2.21. The van der Waals surface area contributed by atoms with Gasteiger partial charge >= 0.3 is 5.97 Å². The molecule has 5 nitrogen and oxygen atoms in total. The fourth-order valence-electron chi connectivity index (χ4n) is 2.21. The molecule has 0 unspecified atom stereocenters. The normalized spacial score (nSPS) is 15.9. The summed E-state index contributed by atoms with van der Waals surface area (Å²) in [7, 11) is 3.35. The van der Waals surface area contributed by atoms with E-state index >= 15 is 0 Å². The molecule has 0 aromatic carbocycles. The van der Waals surface area contributed by atoms with Crippen LogP contribution in [0.25, 0.3) is 0 Å². The summed E-state index contributed by atoms with van der Waals surface area (Å²) in [6.45, 7) is 0. The SMILES string of the molecule is COC(=O)c1cncc(N(C)C2CCCC2)n1. The van der Waals surface area contributed by atoms with Gasteiger partial charge in [-0.3, -0.25) is 4.98 Å². The Morgan fingerprint density at radius 3 is 2.76 bits per heavy atom. The Bertz CT molecular complexity index is 402. The van der Waals surface area contributed by atoms with Gasteiger partial charge in [0.2, 0.25) is 0 Å². The van der Waals surface area contributed by atoms with Crippen molar-refractivity contribution in [2.45, 2.75) is 31.7 Å². The average Bonchev–Trinajstić information content (AvgIpc) is 2.91. The molecule has 0 radical (unpaired) electrons. The van der Waals surface area contributed by atoms with E-state index in [-0.39, 0.29) is 5.69 Å². The summed E-state index contributed by atoms with van der Waals surface area (Å²) < 4.78 is 4.64. The van der Waals surface area contributed by atoms with Crippen LogP contribution in [0.2, 0.25) is 0 Å². The van der Waals surface area contributed by atoms with Crippen LogP contribution in [0.1, 0.15) is 36.2 Å². The summed E-state index contributed by atoms with van der Waals surface area (Å²) in [5.41, 5.74) is 0.259. The molecule has 1 aromatic rings. The lowest BCUT2D eigenvalue weighted by atomic mass is 10.2. The van der Waals surface area contributed by atoms with Crippen molar-refractivity contribution in [1.82, 2.24) is 9.97 Å². The third kappa shape index (κ3) is 2.54. The monoisotopic (exact) mass is 235 g/mol. The first-order valence-electron chi connectivity index (χ1n) is 5.85. The first-order chi connectivity index (χ1) is 8.22. The molecule has 1 aliphatic carbocycles. The number of carbonyl (C=O) groups excluding carboxylic acids is 1. The second-order valence-corrected chi connectivity index (χ2v) is 4.30. The van der Waals surface area contributed by atoms with E-state index in [4.69, 9.17) is 0 Å². The predicted octanol–water partition coefficient (Wildman–Crippen LogP) is 1.64. The molecule has 1 heterocycles. The number of hydrogen-bond donors (Lipinski definition) is 0. The van der Waals surface area contributed by atoms with E-state index in [0.717, 1.165) is 5.82 Å². The summed E-state index contributed by atoms with van der Waals surface area (Å²) in [5.74, 6) is 0.291. The Balaban J connectivity index is 2.17. The lowest BCUT2D eigenvalue weighted by Crippen LogP contribution is -2.30. The largest absolute Gasteiger partial charge is 0.464 e. The Morgan fingerprint density at radius 2 is 2.12 bits per heavy atom. The highest BCUT2D eigenvalue weighted by Crippen LogP contribution is 2.25. The van der Waals surface area contributed by atoms with Crippen LogP contribution in [0.5, 0.6) is 0 Å². The highest BCUT2D eigenvalue weighted by Gasteiger charge is 2.21. The smallest absolute Gasteiger partial charge is 0.358 e. The molecule has 17 heavy (non-hydrogen) atoms. The van der Waals surface area contributed by atoms with Gasteiger partial charge in [-0.05, 0) is 12.8 Å². The minimum absolute atomic E-state index is 0.259. The number of rotatable bonds is 3. The molecule has 0 spiro atoms. The van der Waals surface area contributed by atoms with Crippen molar-refractivity contribution in [3.05, 3.63) is 18.1 Å².